The Morgan fingerprint density at radius 2 is 1.86 bits per heavy atom. The van der Waals surface area contributed by atoms with Crippen molar-refractivity contribution in [2.24, 2.45) is 10.7 Å². The summed E-state index contributed by atoms with van der Waals surface area (Å²) < 4.78 is 0. The first kappa shape index (κ1) is 13.9. The van der Waals surface area contributed by atoms with E-state index < -0.39 is 0 Å². The Morgan fingerprint density at radius 1 is 1.21 bits per heavy atom. The Balaban J connectivity index is 3.15. The summed E-state index contributed by atoms with van der Waals surface area (Å²) in [5.41, 5.74) is 5.63. The van der Waals surface area contributed by atoms with Crippen LogP contribution in [0.1, 0.15) is 45.4 Å². The Hall–Kier alpha value is -0.115. The molecule has 14 heavy (non-hydrogen) atoms. The number of nitrogens with two attached hydrogens (primary N) is 1. The van der Waals surface area contributed by atoms with Crippen LogP contribution in [0.3, 0.4) is 0 Å². The minimum Gasteiger partial charge on any atom is -0.379 e. The number of hydrogen-bond acceptors (Lipinski definition) is 2. The van der Waals surface area contributed by atoms with E-state index in [1.54, 1.807) is 0 Å². The van der Waals surface area contributed by atoms with Gasteiger partial charge in [0.05, 0.1) is 0 Å². The molecule has 0 rings (SSSR count). The van der Waals surface area contributed by atoms with Crippen molar-refractivity contribution in [2.75, 3.05) is 6.54 Å². The lowest BCUT2D eigenvalue weighted by atomic mass is 10.1. The van der Waals surface area contributed by atoms with Crippen LogP contribution < -0.4 is 5.73 Å². The molecular weight excluding hydrogens is 191 g/mol. The summed E-state index contributed by atoms with van der Waals surface area (Å²) in [6.45, 7) is 7.06. The zero-order valence-electron chi connectivity index (χ0n) is 9.46. The average molecular weight is 213 g/mol. The molecule has 81 valence electrons. The standard InChI is InChI=1S/C10H22BN2S/c1-3-4-5-6-7-8-9-13-10(12)14-11-2/h3-9H2,1-2H3,(H2,12,13). The fraction of sp³-hybridized carbons (Fsp3) is 0.900. The summed E-state index contributed by atoms with van der Waals surface area (Å²) in [7, 11) is 0. The van der Waals surface area contributed by atoms with Gasteiger partial charge in [-0.15, -0.1) is 11.6 Å². The predicted molar refractivity (Wildman–Crippen MR) is 69.1 cm³/mol. The van der Waals surface area contributed by atoms with Gasteiger partial charge in [-0.3, -0.25) is 4.99 Å². The molecule has 0 aliphatic carbocycles. The third-order valence-electron chi connectivity index (χ3n) is 2.02. The van der Waals surface area contributed by atoms with Crippen molar-refractivity contribution in [3.05, 3.63) is 0 Å². The van der Waals surface area contributed by atoms with Crippen LogP contribution in [0.15, 0.2) is 4.99 Å². The smallest absolute Gasteiger partial charge is 0.199 e. The zero-order valence-corrected chi connectivity index (χ0v) is 10.3. The normalized spacial score (nSPS) is 11.7. The van der Waals surface area contributed by atoms with E-state index in [1.807, 2.05) is 13.4 Å². The topological polar surface area (TPSA) is 38.4 Å². The summed E-state index contributed by atoms with van der Waals surface area (Å²) >= 11 is 1.51. The molecule has 0 atom stereocenters. The van der Waals surface area contributed by atoms with Gasteiger partial charge in [0.1, 0.15) is 5.17 Å². The third kappa shape index (κ3) is 9.97. The Bertz CT molecular complexity index is 151. The molecule has 0 unspecified atom stereocenters. The molecule has 0 saturated carbocycles. The first-order chi connectivity index (χ1) is 6.81. The minimum atomic E-state index is 0.695. The van der Waals surface area contributed by atoms with Gasteiger partial charge in [-0.1, -0.05) is 45.9 Å². The third-order valence-corrected chi connectivity index (χ3v) is 2.62. The number of aliphatic imine (C=N–C) groups is 1. The molecule has 4 heteroatoms. The molecule has 0 aliphatic rings. The highest BCUT2D eigenvalue weighted by molar-refractivity contribution is 8.33. The molecule has 1 radical (unpaired) electrons. The van der Waals surface area contributed by atoms with Crippen LogP contribution in [0, 0.1) is 0 Å². The van der Waals surface area contributed by atoms with Crippen LogP contribution in [0.25, 0.3) is 0 Å². The molecule has 2 N–H and O–H groups in total. The first-order valence-electron chi connectivity index (χ1n) is 5.55. The zero-order chi connectivity index (χ0) is 10.6. The van der Waals surface area contributed by atoms with Gasteiger partial charge in [0.15, 0.2) is 6.56 Å². The van der Waals surface area contributed by atoms with Gasteiger partial charge in [-0.2, -0.15) is 0 Å². The highest BCUT2D eigenvalue weighted by Gasteiger charge is 1.91. The van der Waals surface area contributed by atoms with Crippen molar-refractivity contribution >= 4 is 23.3 Å². The van der Waals surface area contributed by atoms with E-state index in [0.29, 0.717) is 5.17 Å². The first-order valence-corrected chi connectivity index (χ1v) is 6.43. The SMILES string of the molecule is C[B]SC(N)=NCCCCCCCC. The lowest BCUT2D eigenvalue weighted by molar-refractivity contribution is 0.612. The highest BCUT2D eigenvalue weighted by Crippen LogP contribution is 2.05. The van der Waals surface area contributed by atoms with E-state index in [0.717, 1.165) is 6.54 Å². The fourth-order valence-corrected chi connectivity index (χ4v) is 1.65. The molecule has 2 nitrogen and oxygen atoms in total. The van der Waals surface area contributed by atoms with Crippen LogP contribution >= 0.6 is 11.6 Å². The Labute approximate surface area is 93.3 Å². The number of amidine groups is 1. The van der Waals surface area contributed by atoms with Crippen molar-refractivity contribution < 1.29 is 0 Å². The van der Waals surface area contributed by atoms with Gasteiger partial charge in [-0.05, 0) is 6.42 Å². The summed E-state index contributed by atoms with van der Waals surface area (Å²) in [6, 6.07) is 0. The number of unbranched alkanes of at least 4 members (excludes halogenated alkanes) is 5. The molecule has 0 aromatic rings. The maximum atomic E-state index is 5.63. The maximum Gasteiger partial charge on any atom is 0.199 e. The molecule has 0 aliphatic heterocycles. The number of nitrogens with zero attached hydrogens (tertiary/aromatic N) is 1. The Kier molecular flexibility index (Phi) is 10.9. The van der Waals surface area contributed by atoms with Crippen LogP contribution in [-0.4, -0.2) is 18.3 Å². The summed E-state index contributed by atoms with van der Waals surface area (Å²) in [4.78, 5) is 4.26. The molecule has 0 amide bonds. The maximum absolute atomic E-state index is 5.63. The predicted octanol–water partition coefficient (Wildman–Crippen LogP) is 3.06. The van der Waals surface area contributed by atoms with Crippen LogP contribution in [-0.2, 0) is 0 Å². The van der Waals surface area contributed by atoms with E-state index in [9.17, 15) is 0 Å². The van der Waals surface area contributed by atoms with Crippen LogP contribution in [0.4, 0.5) is 0 Å². The van der Waals surface area contributed by atoms with Gasteiger partial charge in [0.2, 0.25) is 0 Å². The van der Waals surface area contributed by atoms with Crippen LogP contribution in [0.2, 0.25) is 6.82 Å². The molecular formula is C10H22BN2S. The van der Waals surface area contributed by atoms with Gasteiger partial charge in [-0.25, -0.2) is 0 Å². The molecule has 0 aromatic heterocycles. The van der Waals surface area contributed by atoms with E-state index in [2.05, 4.69) is 11.9 Å². The second-order valence-corrected chi connectivity index (χ2v) is 4.47. The van der Waals surface area contributed by atoms with Gasteiger partial charge < -0.3 is 5.73 Å². The second kappa shape index (κ2) is 11.0. The van der Waals surface area contributed by atoms with Crippen LogP contribution in [0.5, 0.6) is 0 Å². The van der Waals surface area contributed by atoms with Crippen molar-refractivity contribution in [3.8, 4) is 0 Å². The summed E-state index contributed by atoms with van der Waals surface area (Å²) in [6.07, 6.45) is 7.86. The minimum absolute atomic E-state index is 0.695. The van der Waals surface area contributed by atoms with Crippen molar-refractivity contribution in [2.45, 2.75) is 52.3 Å². The lowest BCUT2D eigenvalue weighted by Gasteiger charge is -1.99. The van der Waals surface area contributed by atoms with Crippen molar-refractivity contribution in [1.82, 2.24) is 0 Å². The molecule has 0 aromatic carbocycles. The van der Waals surface area contributed by atoms with Crippen molar-refractivity contribution in [1.29, 1.82) is 0 Å². The van der Waals surface area contributed by atoms with E-state index in [1.165, 1.54) is 50.1 Å². The second-order valence-electron chi connectivity index (χ2n) is 3.34. The lowest BCUT2D eigenvalue weighted by Crippen LogP contribution is -2.08. The quantitative estimate of drug-likeness (QED) is 0.291. The van der Waals surface area contributed by atoms with E-state index in [-0.39, 0.29) is 0 Å². The van der Waals surface area contributed by atoms with Crippen molar-refractivity contribution in [3.63, 3.8) is 0 Å². The van der Waals surface area contributed by atoms with Gasteiger partial charge in [0.25, 0.3) is 0 Å². The monoisotopic (exact) mass is 213 g/mol. The summed E-state index contributed by atoms with van der Waals surface area (Å²) in [5.74, 6) is 0. The number of rotatable bonds is 8. The molecule has 0 saturated heterocycles. The average Bonchev–Trinajstić information content (AvgIpc) is 2.17. The Morgan fingerprint density at radius 3 is 2.50 bits per heavy atom. The molecule has 0 fully saturated rings. The van der Waals surface area contributed by atoms with Gasteiger partial charge in [0, 0.05) is 6.54 Å². The summed E-state index contributed by atoms with van der Waals surface area (Å²) in [5, 5.41) is 0.695. The fourth-order valence-electron chi connectivity index (χ4n) is 1.24. The molecule has 0 bridgehead atoms. The highest BCUT2D eigenvalue weighted by atomic mass is 32.2. The van der Waals surface area contributed by atoms with Gasteiger partial charge >= 0.3 is 0 Å². The largest absolute Gasteiger partial charge is 0.379 e. The molecule has 0 spiro atoms. The number of hydrogen-bond donors (Lipinski definition) is 1. The van der Waals surface area contributed by atoms with E-state index >= 15 is 0 Å². The molecule has 0 heterocycles. The van der Waals surface area contributed by atoms with E-state index in [4.69, 9.17) is 5.73 Å².